The standard InChI is InChI=1S/C9H17NO4/c1-8(11)6-14-7-9(12)10-4-3-5-13-2/h3-7H2,1-2H3,(H,10,12). The third-order valence-electron chi connectivity index (χ3n) is 1.39. The van der Waals surface area contributed by atoms with Crippen molar-refractivity contribution in [3.8, 4) is 0 Å². The highest BCUT2D eigenvalue weighted by Gasteiger charge is 2.01. The highest BCUT2D eigenvalue weighted by Crippen LogP contribution is 1.80. The number of rotatable bonds is 8. The summed E-state index contributed by atoms with van der Waals surface area (Å²) in [4.78, 5) is 21.5. The molecular weight excluding hydrogens is 186 g/mol. The molecule has 0 saturated carbocycles. The van der Waals surface area contributed by atoms with Crippen LogP contribution in [0.5, 0.6) is 0 Å². The Balaban J connectivity index is 3.24. The van der Waals surface area contributed by atoms with E-state index in [0.29, 0.717) is 13.2 Å². The van der Waals surface area contributed by atoms with Gasteiger partial charge in [-0.05, 0) is 13.3 Å². The van der Waals surface area contributed by atoms with Gasteiger partial charge in [0.2, 0.25) is 5.91 Å². The number of nitrogens with one attached hydrogen (secondary N) is 1. The SMILES string of the molecule is COCCCNC(=O)COCC(C)=O. The van der Waals surface area contributed by atoms with E-state index in [0.717, 1.165) is 6.42 Å². The molecule has 1 N–H and O–H groups in total. The Morgan fingerprint density at radius 2 is 2.00 bits per heavy atom. The Morgan fingerprint density at radius 3 is 2.57 bits per heavy atom. The van der Waals surface area contributed by atoms with Crippen LogP contribution in [0, 0.1) is 0 Å². The van der Waals surface area contributed by atoms with Gasteiger partial charge in [-0.3, -0.25) is 9.59 Å². The van der Waals surface area contributed by atoms with E-state index >= 15 is 0 Å². The van der Waals surface area contributed by atoms with Gasteiger partial charge in [-0.2, -0.15) is 0 Å². The minimum absolute atomic E-state index is 0.00844. The van der Waals surface area contributed by atoms with Crippen molar-refractivity contribution in [2.45, 2.75) is 13.3 Å². The molecule has 0 bridgehead atoms. The summed E-state index contributed by atoms with van der Waals surface area (Å²) in [5.74, 6) is -0.292. The zero-order valence-corrected chi connectivity index (χ0v) is 8.67. The summed E-state index contributed by atoms with van der Waals surface area (Å²) in [5, 5.41) is 2.64. The molecule has 0 atom stereocenters. The molecule has 0 saturated heterocycles. The average Bonchev–Trinajstić information content (AvgIpc) is 2.12. The number of carbonyl (C=O) groups excluding carboxylic acids is 2. The van der Waals surface area contributed by atoms with Crippen LogP contribution in [0.15, 0.2) is 0 Å². The zero-order valence-electron chi connectivity index (χ0n) is 8.67. The second kappa shape index (κ2) is 8.65. The number of hydrogen-bond donors (Lipinski definition) is 1. The van der Waals surface area contributed by atoms with E-state index in [2.05, 4.69) is 5.32 Å². The lowest BCUT2D eigenvalue weighted by atomic mass is 10.4. The third-order valence-corrected chi connectivity index (χ3v) is 1.39. The maximum absolute atomic E-state index is 11.0. The van der Waals surface area contributed by atoms with Crippen LogP contribution in [0.1, 0.15) is 13.3 Å². The van der Waals surface area contributed by atoms with E-state index < -0.39 is 0 Å². The molecule has 0 aromatic carbocycles. The summed E-state index contributed by atoms with van der Waals surface area (Å²) in [5.41, 5.74) is 0. The molecule has 0 aliphatic rings. The fraction of sp³-hybridized carbons (Fsp3) is 0.778. The second-order valence-corrected chi connectivity index (χ2v) is 2.89. The van der Waals surface area contributed by atoms with Gasteiger partial charge in [-0.15, -0.1) is 0 Å². The lowest BCUT2D eigenvalue weighted by molar-refractivity contribution is -0.129. The minimum atomic E-state index is -0.206. The van der Waals surface area contributed by atoms with Crippen LogP contribution in [-0.2, 0) is 19.1 Å². The second-order valence-electron chi connectivity index (χ2n) is 2.89. The van der Waals surface area contributed by atoms with Gasteiger partial charge in [-0.1, -0.05) is 0 Å². The summed E-state index contributed by atoms with van der Waals surface area (Å²) < 4.78 is 9.63. The lowest BCUT2D eigenvalue weighted by Crippen LogP contribution is -2.29. The quantitative estimate of drug-likeness (QED) is 0.552. The Bertz CT molecular complexity index is 182. The highest BCUT2D eigenvalue weighted by molar-refractivity contribution is 5.79. The van der Waals surface area contributed by atoms with Crippen molar-refractivity contribution in [2.24, 2.45) is 0 Å². The maximum atomic E-state index is 11.0. The predicted molar refractivity (Wildman–Crippen MR) is 51.0 cm³/mol. The monoisotopic (exact) mass is 203 g/mol. The van der Waals surface area contributed by atoms with Gasteiger partial charge in [0.15, 0.2) is 5.78 Å². The van der Waals surface area contributed by atoms with Crippen molar-refractivity contribution in [3.63, 3.8) is 0 Å². The van der Waals surface area contributed by atoms with E-state index in [1.165, 1.54) is 6.92 Å². The van der Waals surface area contributed by atoms with Crippen molar-refractivity contribution in [3.05, 3.63) is 0 Å². The van der Waals surface area contributed by atoms with Crippen molar-refractivity contribution in [2.75, 3.05) is 33.5 Å². The molecule has 0 heterocycles. The van der Waals surface area contributed by atoms with Crippen molar-refractivity contribution < 1.29 is 19.1 Å². The molecule has 5 nitrogen and oxygen atoms in total. The van der Waals surface area contributed by atoms with Gasteiger partial charge < -0.3 is 14.8 Å². The van der Waals surface area contributed by atoms with Crippen LogP contribution in [0.3, 0.4) is 0 Å². The molecule has 0 aliphatic heterocycles. The average molecular weight is 203 g/mol. The van der Waals surface area contributed by atoms with E-state index in [1.54, 1.807) is 7.11 Å². The Hall–Kier alpha value is -0.940. The van der Waals surface area contributed by atoms with Crippen LogP contribution >= 0.6 is 0 Å². The highest BCUT2D eigenvalue weighted by atomic mass is 16.5. The molecule has 0 rings (SSSR count). The molecule has 1 amide bonds. The molecule has 14 heavy (non-hydrogen) atoms. The zero-order chi connectivity index (χ0) is 10.8. The molecule has 5 heteroatoms. The van der Waals surface area contributed by atoms with Crippen molar-refractivity contribution in [1.82, 2.24) is 5.32 Å². The number of ether oxygens (including phenoxy) is 2. The fourth-order valence-corrected chi connectivity index (χ4v) is 0.783. The number of hydrogen-bond acceptors (Lipinski definition) is 4. The molecule has 82 valence electrons. The number of carbonyl (C=O) groups is 2. The number of ketones is 1. The number of Topliss-reactive ketones (excluding diaryl/α,β-unsaturated/α-hetero) is 1. The van der Waals surface area contributed by atoms with Gasteiger partial charge >= 0.3 is 0 Å². The molecule has 0 spiro atoms. The smallest absolute Gasteiger partial charge is 0.246 e. The Labute approximate surface area is 83.8 Å². The van der Waals surface area contributed by atoms with Gasteiger partial charge in [0, 0.05) is 20.3 Å². The normalized spacial score (nSPS) is 9.86. The van der Waals surface area contributed by atoms with E-state index in [9.17, 15) is 9.59 Å². The molecule has 0 aromatic heterocycles. The van der Waals surface area contributed by atoms with Gasteiger partial charge in [0.25, 0.3) is 0 Å². The Kier molecular flexibility index (Phi) is 8.07. The summed E-state index contributed by atoms with van der Waals surface area (Å²) in [6.07, 6.45) is 0.773. The maximum Gasteiger partial charge on any atom is 0.246 e. The summed E-state index contributed by atoms with van der Waals surface area (Å²) in [6.45, 7) is 2.53. The molecular formula is C9H17NO4. The van der Waals surface area contributed by atoms with E-state index in [-0.39, 0.29) is 24.9 Å². The largest absolute Gasteiger partial charge is 0.385 e. The minimum Gasteiger partial charge on any atom is -0.385 e. The molecule has 0 radical (unpaired) electrons. The molecule has 0 unspecified atom stereocenters. The predicted octanol–water partition coefficient (Wildman–Crippen LogP) is -0.255. The van der Waals surface area contributed by atoms with E-state index in [1.807, 2.05) is 0 Å². The van der Waals surface area contributed by atoms with Crippen LogP contribution in [0.4, 0.5) is 0 Å². The first-order chi connectivity index (χ1) is 6.66. The van der Waals surface area contributed by atoms with Crippen LogP contribution in [0.2, 0.25) is 0 Å². The number of amides is 1. The lowest BCUT2D eigenvalue weighted by Gasteiger charge is -2.04. The van der Waals surface area contributed by atoms with Crippen LogP contribution in [-0.4, -0.2) is 45.2 Å². The summed E-state index contributed by atoms with van der Waals surface area (Å²) >= 11 is 0. The van der Waals surface area contributed by atoms with Crippen molar-refractivity contribution >= 4 is 11.7 Å². The Morgan fingerprint density at radius 1 is 1.29 bits per heavy atom. The van der Waals surface area contributed by atoms with Crippen molar-refractivity contribution in [1.29, 1.82) is 0 Å². The van der Waals surface area contributed by atoms with Gasteiger partial charge in [-0.25, -0.2) is 0 Å². The van der Waals surface area contributed by atoms with Gasteiger partial charge in [0.05, 0.1) is 0 Å². The number of methoxy groups -OCH3 is 1. The topological polar surface area (TPSA) is 64.6 Å². The van der Waals surface area contributed by atoms with Crippen LogP contribution < -0.4 is 5.32 Å². The van der Waals surface area contributed by atoms with Gasteiger partial charge in [0.1, 0.15) is 13.2 Å². The first kappa shape index (κ1) is 13.1. The van der Waals surface area contributed by atoms with Crippen LogP contribution in [0.25, 0.3) is 0 Å². The molecule has 0 fully saturated rings. The third kappa shape index (κ3) is 9.15. The fourth-order valence-electron chi connectivity index (χ4n) is 0.783. The first-order valence-corrected chi connectivity index (χ1v) is 4.49. The molecule has 0 aromatic rings. The summed E-state index contributed by atoms with van der Waals surface area (Å²) in [6, 6.07) is 0. The molecule has 0 aliphatic carbocycles. The summed E-state index contributed by atoms with van der Waals surface area (Å²) in [7, 11) is 1.61. The van der Waals surface area contributed by atoms with E-state index in [4.69, 9.17) is 9.47 Å². The first-order valence-electron chi connectivity index (χ1n) is 4.49.